The van der Waals surface area contributed by atoms with Gasteiger partial charge in [-0.25, -0.2) is 4.79 Å². The lowest BCUT2D eigenvalue weighted by atomic mass is 9.97. The van der Waals surface area contributed by atoms with Crippen LogP contribution in [0, 0.1) is 0 Å². The molecule has 0 saturated heterocycles. The highest BCUT2D eigenvalue weighted by molar-refractivity contribution is 5.92. The molecule has 0 unspecified atom stereocenters. The quantitative estimate of drug-likeness (QED) is 0.899. The number of carboxylic acid groups (broad SMARTS) is 1. The Labute approximate surface area is 146 Å². The van der Waals surface area contributed by atoms with Crippen LogP contribution in [-0.4, -0.2) is 33.6 Å². The molecule has 0 bridgehead atoms. The summed E-state index contributed by atoms with van der Waals surface area (Å²) in [6.45, 7) is 5.15. The molecule has 1 amide bonds. The largest absolute Gasteiger partial charge is 0.478 e. The standard InChI is InChI=1S/C19H22N2O4/c1-3-12(4-2)16-10-17(25-20-16)18(22)21-8-7-13-5-6-14(19(23)24)9-15(13)11-21/h5-6,9-10,12H,3-4,7-8,11H2,1-2H3,(H,23,24). The molecule has 1 aromatic carbocycles. The third-order valence-corrected chi connectivity index (χ3v) is 4.90. The second kappa shape index (κ2) is 7.09. The summed E-state index contributed by atoms with van der Waals surface area (Å²) in [6, 6.07) is 6.83. The second-order valence-corrected chi connectivity index (χ2v) is 6.39. The molecule has 6 nitrogen and oxygen atoms in total. The molecule has 132 valence electrons. The molecule has 0 spiro atoms. The number of hydrogen-bond donors (Lipinski definition) is 1. The Morgan fingerprint density at radius 1 is 1.24 bits per heavy atom. The minimum absolute atomic E-state index is 0.198. The van der Waals surface area contributed by atoms with E-state index in [4.69, 9.17) is 9.63 Å². The van der Waals surface area contributed by atoms with E-state index in [-0.39, 0.29) is 17.2 Å². The molecule has 0 saturated carbocycles. The summed E-state index contributed by atoms with van der Waals surface area (Å²) in [5.74, 6) is -0.613. The molecule has 0 radical (unpaired) electrons. The Hall–Kier alpha value is -2.63. The zero-order valence-corrected chi connectivity index (χ0v) is 14.5. The summed E-state index contributed by atoms with van der Waals surface area (Å²) in [5, 5.41) is 13.2. The number of amides is 1. The van der Waals surface area contributed by atoms with Crippen LogP contribution in [0.25, 0.3) is 0 Å². The van der Waals surface area contributed by atoms with Crippen molar-refractivity contribution >= 4 is 11.9 Å². The maximum absolute atomic E-state index is 12.7. The van der Waals surface area contributed by atoms with E-state index in [9.17, 15) is 9.59 Å². The number of carbonyl (C=O) groups is 2. The summed E-state index contributed by atoms with van der Waals surface area (Å²) in [4.78, 5) is 25.5. The van der Waals surface area contributed by atoms with Gasteiger partial charge < -0.3 is 14.5 Å². The van der Waals surface area contributed by atoms with Crippen LogP contribution in [0.15, 0.2) is 28.8 Å². The highest BCUT2D eigenvalue weighted by Crippen LogP contribution is 2.25. The molecule has 1 N–H and O–H groups in total. The van der Waals surface area contributed by atoms with Crippen LogP contribution in [-0.2, 0) is 13.0 Å². The van der Waals surface area contributed by atoms with E-state index in [1.165, 1.54) is 0 Å². The number of carbonyl (C=O) groups excluding carboxylic acids is 1. The fraction of sp³-hybridized carbons (Fsp3) is 0.421. The third-order valence-electron chi connectivity index (χ3n) is 4.90. The van der Waals surface area contributed by atoms with E-state index in [2.05, 4.69) is 19.0 Å². The Morgan fingerprint density at radius 3 is 2.68 bits per heavy atom. The molecule has 6 heteroatoms. The predicted octanol–water partition coefficient (Wildman–Crippen LogP) is 3.47. The molecule has 0 aliphatic carbocycles. The Morgan fingerprint density at radius 2 is 2.00 bits per heavy atom. The van der Waals surface area contributed by atoms with Gasteiger partial charge in [-0.15, -0.1) is 0 Å². The normalized spacial score (nSPS) is 13.8. The van der Waals surface area contributed by atoms with Gasteiger partial charge >= 0.3 is 5.97 Å². The maximum Gasteiger partial charge on any atom is 0.335 e. The van der Waals surface area contributed by atoms with Gasteiger partial charge in [-0.1, -0.05) is 25.1 Å². The molecule has 2 heterocycles. The summed E-state index contributed by atoms with van der Waals surface area (Å²) >= 11 is 0. The van der Waals surface area contributed by atoms with E-state index >= 15 is 0 Å². The van der Waals surface area contributed by atoms with Crippen molar-refractivity contribution in [2.45, 2.75) is 45.6 Å². The summed E-state index contributed by atoms with van der Waals surface area (Å²) < 4.78 is 5.28. The van der Waals surface area contributed by atoms with Crippen LogP contribution in [0.2, 0.25) is 0 Å². The van der Waals surface area contributed by atoms with Gasteiger partial charge in [0, 0.05) is 25.1 Å². The first-order valence-corrected chi connectivity index (χ1v) is 8.64. The van der Waals surface area contributed by atoms with Gasteiger partial charge in [-0.2, -0.15) is 0 Å². The van der Waals surface area contributed by atoms with Gasteiger partial charge in [-0.05, 0) is 42.5 Å². The number of hydrogen-bond acceptors (Lipinski definition) is 4. The topological polar surface area (TPSA) is 83.6 Å². The summed E-state index contributed by atoms with van der Waals surface area (Å²) in [5.41, 5.74) is 3.02. The minimum Gasteiger partial charge on any atom is -0.478 e. The first kappa shape index (κ1) is 17.2. The number of rotatable bonds is 5. The van der Waals surface area contributed by atoms with Gasteiger partial charge in [0.05, 0.1) is 11.3 Å². The monoisotopic (exact) mass is 342 g/mol. The number of aromatic carboxylic acids is 1. The minimum atomic E-state index is -0.962. The lowest BCUT2D eigenvalue weighted by Crippen LogP contribution is -2.35. The SMILES string of the molecule is CCC(CC)c1cc(C(=O)N2CCc3ccc(C(=O)O)cc3C2)on1. The molecule has 0 atom stereocenters. The van der Waals surface area contributed by atoms with Crippen molar-refractivity contribution in [2.75, 3.05) is 6.54 Å². The van der Waals surface area contributed by atoms with Crippen LogP contribution in [0.5, 0.6) is 0 Å². The number of aromatic nitrogens is 1. The van der Waals surface area contributed by atoms with Crippen LogP contribution in [0.3, 0.4) is 0 Å². The number of nitrogens with zero attached hydrogens (tertiary/aromatic N) is 2. The highest BCUT2D eigenvalue weighted by Gasteiger charge is 2.26. The molecule has 2 aromatic rings. The van der Waals surface area contributed by atoms with Crippen molar-refractivity contribution in [1.82, 2.24) is 10.1 Å². The Kier molecular flexibility index (Phi) is 4.88. The lowest BCUT2D eigenvalue weighted by molar-refractivity contribution is 0.0692. The number of carboxylic acids is 1. The van der Waals surface area contributed by atoms with Crippen LogP contribution in [0.4, 0.5) is 0 Å². The van der Waals surface area contributed by atoms with Gasteiger partial charge in [0.25, 0.3) is 5.91 Å². The summed E-state index contributed by atoms with van der Waals surface area (Å²) in [7, 11) is 0. The van der Waals surface area contributed by atoms with Crippen molar-refractivity contribution in [1.29, 1.82) is 0 Å². The van der Waals surface area contributed by atoms with Gasteiger partial charge in [0.15, 0.2) is 0 Å². The van der Waals surface area contributed by atoms with Crippen LogP contribution < -0.4 is 0 Å². The average Bonchev–Trinajstić information content (AvgIpc) is 3.11. The maximum atomic E-state index is 12.7. The molecule has 0 fully saturated rings. The van der Waals surface area contributed by atoms with Crippen molar-refractivity contribution in [3.63, 3.8) is 0 Å². The van der Waals surface area contributed by atoms with Gasteiger partial charge in [0.2, 0.25) is 5.76 Å². The molecule has 1 aliphatic rings. The third kappa shape index (κ3) is 3.43. The lowest BCUT2D eigenvalue weighted by Gasteiger charge is -2.28. The van der Waals surface area contributed by atoms with E-state index in [1.54, 1.807) is 23.1 Å². The first-order chi connectivity index (χ1) is 12.0. The van der Waals surface area contributed by atoms with Crippen LogP contribution >= 0.6 is 0 Å². The van der Waals surface area contributed by atoms with Crippen molar-refractivity contribution in [2.24, 2.45) is 0 Å². The van der Waals surface area contributed by atoms with E-state index in [0.29, 0.717) is 25.4 Å². The fourth-order valence-corrected chi connectivity index (χ4v) is 3.31. The van der Waals surface area contributed by atoms with E-state index in [1.807, 2.05) is 6.07 Å². The zero-order valence-electron chi connectivity index (χ0n) is 14.5. The van der Waals surface area contributed by atoms with E-state index in [0.717, 1.165) is 29.7 Å². The molecular formula is C19H22N2O4. The van der Waals surface area contributed by atoms with Gasteiger partial charge in [0.1, 0.15) is 0 Å². The summed E-state index contributed by atoms with van der Waals surface area (Å²) in [6.07, 6.45) is 2.60. The highest BCUT2D eigenvalue weighted by atomic mass is 16.5. The Balaban J connectivity index is 1.78. The predicted molar refractivity (Wildman–Crippen MR) is 91.7 cm³/mol. The number of benzene rings is 1. The fourth-order valence-electron chi connectivity index (χ4n) is 3.31. The molecule has 3 rings (SSSR count). The first-order valence-electron chi connectivity index (χ1n) is 8.64. The van der Waals surface area contributed by atoms with Gasteiger partial charge in [-0.3, -0.25) is 4.79 Å². The van der Waals surface area contributed by atoms with Crippen LogP contribution in [0.1, 0.15) is 70.3 Å². The molecule has 1 aromatic heterocycles. The second-order valence-electron chi connectivity index (χ2n) is 6.39. The molecular weight excluding hydrogens is 320 g/mol. The zero-order chi connectivity index (χ0) is 18.0. The van der Waals surface area contributed by atoms with Crippen molar-refractivity contribution in [3.05, 3.63) is 52.4 Å². The van der Waals surface area contributed by atoms with Crippen molar-refractivity contribution in [3.8, 4) is 0 Å². The number of fused-ring (bicyclic) bond motifs is 1. The molecule has 25 heavy (non-hydrogen) atoms. The Bertz CT molecular complexity index is 792. The average molecular weight is 342 g/mol. The smallest absolute Gasteiger partial charge is 0.335 e. The van der Waals surface area contributed by atoms with E-state index < -0.39 is 5.97 Å². The van der Waals surface area contributed by atoms with Crippen molar-refractivity contribution < 1.29 is 19.2 Å². The molecule has 1 aliphatic heterocycles.